The lowest BCUT2D eigenvalue weighted by molar-refractivity contribution is 0.164. The van der Waals surface area contributed by atoms with Crippen LogP contribution in [0.15, 0.2) is 18.3 Å². The zero-order chi connectivity index (χ0) is 14.1. The van der Waals surface area contributed by atoms with Gasteiger partial charge in [-0.2, -0.15) is 0 Å². The number of fused-ring (bicyclic) bond motifs is 1. The molecule has 1 aliphatic rings. The summed E-state index contributed by atoms with van der Waals surface area (Å²) in [4.78, 5) is 2.53. The second kappa shape index (κ2) is 5.50. The number of hydrogen-bond acceptors (Lipinski definition) is 4. The van der Waals surface area contributed by atoms with Crippen molar-refractivity contribution < 1.29 is 0 Å². The van der Waals surface area contributed by atoms with Crippen LogP contribution in [0.25, 0.3) is 5.65 Å². The van der Waals surface area contributed by atoms with E-state index in [1.165, 1.54) is 19.4 Å². The smallest absolute Gasteiger partial charge is 0.165 e. The Bertz CT molecular complexity index is 589. The van der Waals surface area contributed by atoms with E-state index in [1.807, 2.05) is 12.1 Å². The number of piperidine rings is 1. The second-order valence-electron chi connectivity index (χ2n) is 5.92. The molecule has 0 radical (unpaired) electrons. The summed E-state index contributed by atoms with van der Waals surface area (Å²) < 4.78 is 2.12. The first kappa shape index (κ1) is 13.5. The molecule has 1 fully saturated rings. The zero-order valence-electron chi connectivity index (χ0n) is 12.3. The van der Waals surface area contributed by atoms with Gasteiger partial charge >= 0.3 is 0 Å². The van der Waals surface area contributed by atoms with E-state index in [4.69, 9.17) is 5.73 Å². The molecule has 2 aromatic heterocycles. The van der Waals surface area contributed by atoms with Gasteiger partial charge in [0.05, 0.1) is 0 Å². The van der Waals surface area contributed by atoms with Crippen LogP contribution >= 0.6 is 0 Å². The van der Waals surface area contributed by atoms with Crippen LogP contribution in [-0.4, -0.2) is 38.6 Å². The molecular weight excluding hydrogens is 250 g/mol. The summed E-state index contributed by atoms with van der Waals surface area (Å²) in [6.45, 7) is 7.29. The first-order chi connectivity index (χ1) is 9.70. The normalized spacial score (nSPS) is 20.9. The third-order valence-electron chi connectivity index (χ3n) is 4.31. The molecule has 0 bridgehead atoms. The summed E-state index contributed by atoms with van der Waals surface area (Å²) in [6.07, 6.45) is 4.48. The summed E-state index contributed by atoms with van der Waals surface area (Å²) in [5.74, 6) is 1.55. The third kappa shape index (κ3) is 2.31. The highest BCUT2D eigenvalue weighted by Gasteiger charge is 2.26. The van der Waals surface area contributed by atoms with Gasteiger partial charge in [0.2, 0.25) is 0 Å². The van der Waals surface area contributed by atoms with Gasteiger partial charge in [0.1, 0.15) is 5.82 Å². The van der Waals surface area contributed by atoms with Crippen molar-refractivity contribution in [3.63, 3.8) is 0 Å². The van der Waals surface area contributed by atoms with E-state index in [9.17, 15) is 0 Å². The average Bonchev–Trinajstić information content (AvgIpc) is 2.91. The minimum atomic E-state index is 0.467. The fourth-order valence-corrected chi connectivity index (χ4v) is 3.11. The van der Waals surface area contributed by atoms with E-state index < -0.39 is 0 Å². The van der Waals surface area contributed by atoms with Gasteiger partial charge < -0.3 is 10.6 Å². The maximum absolute atomic E-state index is 5.78. The number of likely N-dealkylation sites (tertiary alicyclic amines) is 1. The molecule has 108 valence electrons. The Kier molecular flexibility index (Phi) is 3.72. The van der Waals surface area contributed by atoms with Gasteiger partial charge in [0, 0.05) is 36.8 Å². The molecule has 0 aromatic carbocycles. The van der Waals surface area contributed by atoms with Gasteiger partial charge in [-0.1, -0.05) is 6.07 Å². The summed E-state index contributed by atoms with van der Waals surface area (Å²) in [5.41, 5.74) is 7.74. The van der Waals surface area contributed by atoms with E-state index >= 15 is 0 Å². The molecule has 0 amide bonds. The van der Waals surface area contributed by atoms with E-state index in [0.29, 0.717) is 18.5 Å². The third-order valence-corrected chi connectivity index (χ3v) is 4.31. The first-order valence-corrected chi connectivity index (χ1v) is 7.47. The molecule has 0 spiro atoms. The number of nitrogens with two attached hydrogens (primary N) is 1. The van der Waals surface area contributed by atoms with Gasteiger partial charge in [0.15, 0.2) is 5.65 Å². The average molecular weight is 273 g/mol. The molecule has 5 nitrogen and oxygen atoms in total. The van der Waals surface area contributed by atoms with E-state index in [-0.39, 0.29) is 0 Å². The van der Waals surface area contributed by atoms with Gasteiger partial charge in [-0.15, -0.1) is 10.2 Å². The van der Waals surface area contributed by atoms with E-state index in [1.54, 1.807) is 0 Å². The zero-order valence-corrected chi connectivity index (χ0v) is 12.3. The van der Waals surface area contributed by atoms with Crippen molar-refractivity contribution in [1.82, 2.24) is 19.5 Å². The minimum absolute atomic E-state index is 0.467. The maximum Gasteiger partial charge on any atom is 0.165 e. The molecule has 20 heavy (non-hydrogen) atoms. The molecule has 0 saturated carbocycles. The van der Waals surface area contributed by atoms with Crippen LogP contribution in [-0.2, 0) is 6.54 Å². The molecule has 1 saturated heterocycles. The number of rotatable bonds is 3. The Balaban J connectivity index is 1.94. The molecule has 0 aliphatic carbocycles. The second-order valence-corrected chi connectivity index (χ2v) is 5.92. The monoisotopic (exact) mass is 273 g/mol. The van der Waals surface area contributed by atoms with Crippen molar-refractivity contribution >= 4 is 5.65 Å². The van der Waals surface area contributed by atoms with Crippen LogP contribution < -0.4 is 5.73 Å². The Labute approximate surface area is 119 Å². The summed E-state index contributed by atoms with van der Waals surface area (Å²) in [6, 6.07) is 4.65. The maximum atomic E-state index is 5.78. The largest absolute Gasteiger partial charge is 0.326 e. The van der Waals surface area contributed by atoms with E-state index in [2.05, 4.69) is 39.5 Å². The molecule has 1 atom stereocenters. The Morgan fingerprint density at radius 3 is 3.00 bits per heavy atom. The van der Waals surface area contributed by atoms with Crippen LogP contribution in [0.4, 0.5) is 0 Å². The van der Waals surface area contributed by atoms with Crippen LogP contribution in [0.2, 0.25) is 0 Å². The molecule has 2 N–H and O–H groups in total. The lowest BCUT2D eigenvalue weighted by Gasteiger charge is -2.34. The van der Waals surface area contributed by atoms with Gasteiger partial charge in [0.25, 0.3) is 0 Å². The number of aromatic nitrogens is 3. The quantitative estimate of drug-likeness (QED) is 0.926. The summed E-state index contributed by atoms with van der Waals surface area (Å²) >= 11 is 0. The molecule has 3 heterocycles. The first-order valence-electron chi connectivity index (χ1n) is 7.47. The Hall–Kier alpha value is -1.46. The molecule has 1 aliphatic heterocycles. The van der Waals surface area contributed by atoms with Gasteiger partial charge in [-0.25, -0.2) is 0 Å². The van der Waals surface area contributed by atoms with Crippen molar-refractivity contribution in [1.29, 1.82) is 0 Å². The molecular formula is C15H23N5. The highest BCUT2D eigenvalue weighted by Crippen LogP contribution is 2.27. The van der Waals surface area contributed by atoms with Crippen molar-refractivity contribution in [2.75, 3.05) is 13.1 Å². The van der Waals surface area contributed by atoms with E-state index in [0.717, 1.165) is 23.6 Å². The fraction of sp³-hybridized carbons (Fsp3) is 0.600. The highest BCUT2D eigenvalue weighted by molar-refractivity contribution is 5.47. The Morgan fingerprint density at radius 1 is 1.40 bits per heavy atom. The number of nitrogens with zero attached hydrogens (tertiary/aromatic N) is 4. The van der Waals surface area contributed by atoms with Crippen LogP contribution in [0.1, 0.15) is 44.0 Å². The van der Waals surface area contributed by atoms with Crippen molar-refractivity contribution in [2.45, 2.75) is 45.2 Å². The number of hydrogen-bond donors (Lipinski definition) is 1. The SMILES string of the molecule is CC(C)N1CCCC(c2nnc3c(CN)cccn23)C1. The number of pyridine rings is 1. The molecule has 2 aromatic rings. The van der Waals surface area contributed by atoms with Crippen LogP contribution in [0.5, 0.6) is 0 Å². The lowest BCUT2D eigenvalue weighted by atomic mass is 9.96. The fourth-order valence-electron chi connectivity index (χ4n) is 3.11. The van der Waals surface area contributed by atoms with Crippen molar-refractivity contribution in [3.05, 3.63) is 29.7 Å². The highest BCUT2D eigenvalue weighted by atomic mass is 15.3. The van der Waals surface area contributed by atoms with Crippen LogP contribution in [0.3, 0.4) is 0 Å². The standard InChI is InChI=1S/C15H23N5/c1-11(2)19-7-3-6-13(10-19)15-18-17-14-12(9-16)5-4-8-20(14)15/h4-5,8,11,13H,3,6-7,9-10,16H2,1-2H3. The molecule has 1 unspecified atom stereocenters. The summed E-state index contributed by atoms with van der Waals surface area (Å²) in [7, 11) is 0. The predicted molar refractivity (Wildman–Crippen MR) is 79.6 cm³/mol. The van der Waals surface area contributed by atoms with Crippen molar-refractivity contribution in [3.8, 4) is 0 Å². The lowest BCUT2D eigenvalue weighted by Crippen LogP contribution is -2.39. The Morgan fingerprint density at radius 2 is 2.25 bits per heavy atom. The minimum Gasteiger partial charge on any atom is -0.326 e. The topological polar surface area (TPSA) is 59.5 Å². The van der Waals surface area contributed by atoms with Crippen LogP contribution in [0, 0.1) is 0 Å². The van der Waals surface area contributed by atoms with Crippen molar-refractivity contribution in [2.24, 2.45) is 5.73 Å². The molecule has 3 rings (SSSR count). The summed E-state index contributed by atoms with van der Waals surface area (Å²) in [5, 5.41) is 8.80. The molecule has 5 heteroatoms. The van der Waals surface area contributed by atoms with Gasteiger partial charge in [-0.05, 0) is 39.3 Å². The van der Waals surface area contributed by atoms with Gasteiger partial charge in [-0.3, -0.25) is 4.40 Å². The predicted octanol–water partition coefficient (Wildman–Crippen LogP) is 1.78.